The van der Waals surface area contributed by atoms with Crippen LogP contribution < -0.4 is 5.73 Å². The minimum Gasteiger partial charge on any atom is -0.398 e. The Kier molecular flexibility index (Phi) is 3.44. The molecular weight excluding hydrogens is 272 g/mol. The standard InChI is InChI=1S/C15H19ClN4/c1-3-13-15(16)14(19(2)18-13)9-20-7-10-5-4-6-12(17)11(10)8-20/h4-6H,3,7-9,17H2,1-2H3. The van der Waals surface area contributed by atoms with Crippen LogP contribution in [0.3, 0.4) is 0 Å². The van der Waals surface area contributed by atoms with Crippen LogP contribution in [0.1, 0.15) is 29.4 Å². The molecule has 106 valence electrons. The first-order valence-electron chi connectivity index (χ1n) is 6.89. The van der Waals surface area contributed by atoms with E-state index in [4.69, 9.17) is 17.3 Å². The van der Waals surface area contributed by atoms with E-state index in [1.807, 2.05) is 23.9 Å². The summed E-state index contributed by atoms with van der Waals surface area (Å²) >= 11 is 6.42. The Bertz CT molecular complexity index is 648. The fourth-order valence-corrected chi connectivity index (χ4v) is 3.18. The summed E-state index contributed by atoms with van der Waals surface area (Å²) in [7, 11) is 1.96. The third-order valence-electron chi connectivity index (χ3n) is 3.96. The van der Waals surface area contributed by atoms with Gasteiger partial charge in [-0.25, -0.2) is 0 Å². The van der Waals surface area contributed by atoms with Gasteiger partial charge in [0.25, 0.3) is 0 Å². The van der Waals surface area contributed by atoms with Crippen molar-refractivity contribution in [2.45, 2.75) is 33.0 Å². The molecule has 1 aromatic heterocycles. The van der Waals surface area contributed by atoms with Crippen LogP contribution in [0, 0.1) is 0 Å². The van der Waals surface area contributed by atoms with E-state index in [1.165, 1.54) is 11.1 Å². The van der Waals surface area contributed by atoms with Gasteiger partial charge in [0.15, 0.2) is 0 Å². The van der Waals surface area contributed by atoms with Gasteiger partial charge in [-0.2, -0.15) is 5.10 Å². The highest BCUT2D eigenvalue weighted by Crippen LogP contribution is 2.30. The zero-order chi connectivity index (χ0) is 14.3. The summed E-state index contributed by atoms with van der Waals surface area (Å²) in [5, 5.41) is 5.28. The van der Waals surface area contributed by atoms with Gasteiger partial charge in [-0.05, 0) is 23.6 Å². The van der Waals surface area contributed by atoms with Gasteiger partial charge < -0.3 is 5.73 Å². The van der Waals surface area contributed by atoms with Gasteiger partial charge in [0.05, 0.1) is 16.4 Å². The van der Waals surface area contributed by atoms with Crippen LogP contribution in [0.5, 0.6) is 0 Å². The van der Waals surface area contributed by atoms with Crippen molar-refractivity contribution < 1.29 is 0 Å². The minimum atomic E-state index is 0.802. The summed E-state index contributed by atoms with van der Waals surface area (Å²) in [4.78, 5) is 2.35. The molecule has 0 saturated heterocycles. The molecule has 0 amide bonds. The zero-order valence-electron chi connectivity index (χ0n) is 11.9. The van der Waals surface area contributed by atoms with Crippen LogP contribution in [-0.2, 0) is 33.1 Å². The van der Waals surface area contributed by atoms with Crippen LogP contribution in [0.4, 0.5) is 5.69 Å². The number of hydrogen-bond donors (Lipinski definition) is 1. The van der Waals surface area contributed by atoms with Gasteiger partial charge in [-0.3, -0.25) is 9.58 Å². The zero-order valence-corrected chi connectivity index (χ0v) is 12.6. The Hall–Kier alpha value is -1.52. The highest BCUT2D eigenvalue weighted by atomic mass is 35.5. The quantitative estimate of drug-likeness (QED) is 0.884. The van der Waals surface area contributed by atoms with Crippen molar-refractivity contribution in [3.63, 3.8) is 0 Å². The van der Waals surface area contributed by atoms with Crippen molar-refractivity contribution in [3.8, 4) is 0 Å². The van der Waals surface area contributed by atoms with E-state index in [-0.39, 0.29) is 0 Å². The number of benzene rings is 1. The third-order valence-corrected chi connectivity index (χ3v) is 4.40. The van der Waals surface area contributed by atoms with E-state index in [0.717, 1.165) is 48.2 Å². The van der Waals surface area contributed by atoms with Crippen LogP contribution in [0.25, 0.3) is 0 Å². The Labute approximate surface area is 124 Å². The molecule has 0 spiro atoms. The normalized spacial score (nSPS) is 14.8. The second-order valence-electron chi connectivity index (χ2n) is 5.31. The number of aryl methyl sites for hydroxylation is 2. The molecule has 2 aromatic rings. The van der Waals surface area contributed by atoms with Gasteiger partial charge in [0.2, 0.25) is 0 Å². The molecular formula is C15H19ClN4. The van der Waals surface area contributed by atoms with E-state index < -0.39 is 0 Å². The van der Waals surface area contributed by atoms with Crippen molar-refractivity contribution in [1.29, 1.82) is 0 Å². The average Bonchev–Trinajstić information content (AvgIpc) is 2.95. The van der Waals surface area contributed by atoms with E-state index in [9.17, 15) is 0 Å². The largest absolute Gasteiger partial charge is 0.398 e. The van der Waals surface area contributed by atoms with Gasteiger partial charge in [0.1, 0.15) is 0 Å². The minimum absolute atomic E-state index is 0.802. The fraction of sp³-hybridized carbons (Fsp3) is 0.400. The monoisotopic (exact) mass is 290 g/mol. The van der Waals surface area contributed by atoms with Crippen LogP contribution in [0.2, 0.25) is 5.02 Å². The highest BCUT2D eigenvalue weighted by Gasteiger charge is 2.23. The molecule has 1 aliphatic rings. The van der Waals surface area contributed by atoms with E-state index in [1.54, 1.807) is 0 Å². The molecule has 2 heterocycles. The number of nitrogen functional groups attached to an aromatic ring is 1. The molecule has 0 saturated carbocycles. The summed E-state index contributed by atoms with van der Waals surface area (Å²) < 4.78 is 1.90. The summed E-state index contributed by atoms with van der Waals surface area (Å²) in [6.45, 7) is 4.68. The third kappa shape index (κ3) is 2.19. The number of fused-ring (bicyclic) bond motifs is 1. The molecule has 0 bridgehead atoms. The SMILES string of the molecule is CCc1nn(C)c(CN2Cc3cccc(N)c3C2)c1Cl. The molecule has 0 aliphatic carbocycles. The van der Waals surface area contributed by atoms with Crippen molar-refractivity contribution in [1.82, 2.24) is 14.7 Å². The molecule has 0 radical (unpaired) electrons. The Balaban J connectivity index is 1.82. The van der Waals surface area contributed by atoms with Gasteiger partial charge in [-0.15, -0.1) is 0 Å². The van der Waals surface area contributed by atoms with Crippen molar-refractivity contribution in [2.75, 3.05) is 5.73 Å². The predicted octanol–water partition coefficient (Wildman–Crippen LogP) is 2.73. The number of anilines is 1. The molecule has 0 atom stereocenters. The second-order valence-corrected chi connectivity index (χ2v) is 5.69. The predicted molar refractivity (Wildman–Crippen MR) is 81.4 cm³/mol. The Morgan fingerprint density at radius 1 is 1.35 bits per heavy atom. The van der Waals surface area contributed by atoms with Crippen LogP contribution in [0.15, 0.2) is 18.2 Å². The number of hydrogen-bond acceptors (Lipinski definition) is 3. The first-order valence-corrected chi connectivity index (χ1v) is 7.26. The molecule has 5 heteroatoms. The molecule has 3 rings (SSSR count). The number of rotatable bonds is 3. The number of nitrogens with two attached hydrogens (primary N) is 1. The lowest BCUT2D eigenvalue weighted by molar-refractivity contribution is 0.268. The molecule has 4 nitrogen and oxygen atoms in total. The maximum absolute atomic E-state index is 6.42. The van der Waals surface area contributed by atoms with E-state index >= 15 is 0 Å². The summed E-state index contributed by atoms with van der Waals surface area (Å²) in [5.41, 5.74) is 11.5. The molecule has 0 unspecified atom stereocenters. The van der Waals surface area contributed by atoms with Gasteiger partial charge >= 0.3 is 0 Å². The number of halogens is 1. The fourth-order valence-electron chi connectivity index (χ4n) is 2.83. The summed E-state index contributed by atoms with van der Waals surface area (Å²) in [5.74, 6) is 0. The lowest BCUT2D eigenvalue weighted by atomic mass is 10.1. The summed E-state index contributed by atoms with van der Waals surface area (Å²) in [6.07, 6.45) is 0.861. The van der Waals surface area contributed by atoms with E-state index in [2.05, 4.69) is 23.0 Å². The lowest BCUT2D eigenvalue weighted by Gasteiger charge is -2.15. The maximum atomic E-state index is 6.42. The lowest BCUT2D eigenvalue weighted by Crippen LogP contribution is -2.18. The van der Waals surface area contributed by atoms with Gasteiger partial charge in [-0.1, -0.05) is 30.7 Å². The maximum Gasteiger partial charge on any atom is 0.0863 e. The Morgan fingerprint density at radius 3 is 2.80 bits per heavy atom. The molecule has 2 N–H and O–H groups in total. The van der Waals surface area contributed by atoms with Crippen molar-refractivity contribution >= 4 is 17.3 Å². The first kappa shape index (κ1) is 13.5. The second kappa shape index (κ2) is 5.11. The molecule has 0 fully saturated rings. The molecule has 1 aromatic carbocycles. The van der Waals surface area contributed by atoms with E-state index in [0.29, 0.717) is 0 Å². The smallest absolute Gasteiger partial charge is 0.0863 e. The number of nitrogens with zero attached hydrogens (tertiary/aromatic N) is 3. The topological polar surface area (TPSA) is 47.1 Å². The van der Waals surface area contributed by atoms with Crippen LogP contribution in [-0.4, -0.2) is 14.7 Å². The molecule has 20 heavy (non-hydrogen) atoms. The Morgan fingerprint density at radius 2 is 2.15 bits per heavy atom. The highest BCUT2D eigenvalue weighted by molar-refractivity contribution is 6.31. The summed E-state index contributed by atoms with van der Waals surface area (Å²) in [6, 6.07) is 6.13. The van der Waals surface area contributed by atoms with Crippen molar-refractivity contribution in [2.24, 2.45) is 7.05 Å². The first-order chi connectivity index (χ1) is 9.60. The van der Waals surface area contributed by atoms with Gasteiger partial charge in [0, 0.05) is 32.4 Å². The van der Waals surface area contributed by atoms with Crippen LogP contribution >= 0.6 is 11.6 Å². The number of aromatic nitrogens is 2. The van der Waals surface area contributed by atoms with Crippen molar-refractivity contribution in [3.05, 3.63) is 45.7 Å². The molecule has 1 aliphatic heterocycles. The average molecular weight is 291 g/mol.